The molecule has 2 nitrogen and oxygen atoms in total. The Kier molecular flexibility index (Phi) is 4.40. The Bertz CT molecular complexity index is 819. The van der Waals surface area contributed by atoms with Crippen molar-refractivity contribution in [2.75, 3.05) is 0 Å². The van der Waals surface area contributed by atoms with E-state index in [1.165, 1.54) is 10.8 Å². The number of hydrogen-bond acceptors (Lipinski definition) is 2. The molecule has 0 aliphatic carbocycles. The predicted molar refractivity (Wildman–Crippen MR) is 92.9 cm³/mol. The molecule has 108 valence electrons. The summed E-state index contributed by atoms with van der Waals surface area (Å²) in [6, 6.07) is 24.5. The standard InChI is InChI=1S/C11H11N.C9H7N/c1-2-10-8-7-9-5-3-4-6-11(9)12-10;1-2-6-9-8(4-1)5-3-7-10-9/h3-8H,2H2,1H3;1-7H. The Balaban J connectivity index is 0.000000133. The minimum absolute atomic E-state index is 1.00. The third-order valence-corrected chi connectivity index (χ3v) is 3.53. The quantitative estimate of drug-likeness (QED) is 0.490. The van der Waals surface area contributed by atoms with E-state index in [-0.39, 0.29) is 0 Å². The highest BCUT2D eigenvalue weighted by molar-refractivity contribution is 5.78. The molecular weight excluding hydrogens is 268 g/mol. The molecule has 0 saturated heterocycles. The number of fused-ring (bicyclic) bond motifs is 2. The normalized spacial score (nSPS) is 10.2. The highest BCUT2D eigenvalue weighted by Gasteiger charge is 1.93. The Hall–Kier alpha value is -2.74. The van der Waals surface area contributed by atoms with Gasteiger partial charge in [-0.25, -0.2) is 0 Å². The van der Waals surface area contributed by atoms with Gasteiger partial charge in [-0.3, -0.25) is 9.97 Å². The first-order chi connectivity index (χ1) is 10.9. The number of hydrogen-bond donors (Lipinski definition) is 0. The van der Waals surface area contributed by atoms with Crippen LogP contribution >= 0.6 is 0 Å². The van der Waals surface area contributed by atoms with E-state index in [0.29, 0.717) is 0 Å². The minimum atomic E-state index is 1.00. The lowest BCUT2D eigenvalue weighted by Crippen LogP contribution is -1.86. The van der Waals surface area contributed by atoms with Crippen LogP contribution in [0.5, 0.6) is 0 Å². The van der Waals surface area contributed by atoms with E-state index in [0.717, 1.165) is 23.1 Å². The van der Waals surface area contributed by atoms with Crippen LogP contribution in [0.15, 0.2) is 79.0 Å². The van der Waals surface area contributed by atoms with Crippen molar-refractivity contribution in [2.45, 2.75) is 13.3 Å². The molecule has 0 spiro atoms. The third-order valence-electron chi connectivity index (χ3n) is 3.53. The lowest BCUT2D eigenvalue weighted by molar-refractivity contribution is 1.06. The Morgan fingerprint density at radius 3 is 2.05 bits per heavy atom. The van der Waals surface area contributed by atoms with E-state index in [1.54, 1.807) is 0 Å². The van der Waals surface area contributed by atoms with Crippen molar-refractivity contribution in [3.05, 3.63) is 84.7 Å². The second kappa shape index (κ2) is 6.81. The first-order valence-corrected chi connectivity index (χ1v) is 7.51. The summed E-state index contributed by atoms with van der Waals surface area (Å²) in [5, 5.41) is 2.42. The van der Waals surface area contributed by atoms with Gasteiger partial charge in [-0.05, 0) is 30.7 Å². The van der Waals surface area contributed by atoms with E-state index < -0.39 is 0 Å². The summed E-state index contributed by atoms with van der Waals surface area (Å²) in [6.07, 6.45) is 2.81. The average Bonchev–Trinajstić information content (AvgIpc) is 2.62. The summed E-state index contributed by atoms with van der Waals surface area (Å²) in [5.74, 6) is 0. The maximum absolute atomic E-state index is 4.49. The molecule has 2 heteroatoms. The first-order valence-electron chi connectivity index (χ1n) is 7.51. The maximum Gasteiger partial charge on any atom is 0.0705 e. The summed E-state index contributed by atoms with van der Waals surface area (Å²) in [5.41, 5.74) is 3.32. The van der Waals surface area contributed by atoms with Crippen molar-refractivity contribution < 1.29 is 0 Å². The van der Waals surface area contributed by atoms with E-state index >= 15 is 0 Å². The van der Waals surface area contributed by atoms with Crippen molar-refractivity contribution in [2.24, 2.45) is 0 Å². The van der Waals surface area contributed by atoms with E-state index in [2.05, 4.69) is 53.3 Å². The van der Waals surface area contributed by atoms with Gasteiger partial charge in [-0.15, -0.1) is 0 Å². The number of benzene rings is 2. The second-order valence-corrected chi connectivity index (χ2v) is 5.04. The summed E-state index contributed by atoms with van der Waals surface area (Å²) < 4.78 is 0. The van der Waals surface area contributed by atoms with Gasteiger partial charge in [0.1, 0.15) is 0 Å². The zero-order valence-corrected chi connectivity index (χ0v) is 12.6. The summed E-state index contributed by atoms with van der Waals surface area (Å²) in [6.45, 7) is 2.12. The molecule has 0 radical (unpaired) electrons. The molecule has 0 atom stereocenters. The second-order valence-electron chi connectivity index (χ2n) is 5.04. The topological polar surface area (TPSA) is 25.8 Å². The Morgan fingerprint density at radius 1 is 0.682 bits per heavy atom. The molecule has 0 amide bonds. The molecule has 4 aromatic rings. The fraction of sp³-hybridized carbons (Fsp3) is 0.100. The molecule has 0 aliphatic rings. The number of rotatable bonds is 1. The van der Waals surface area contributed by atoms with Crippen molar-refractivity contribution in [1.82, 2.24) is 9.97 Å². The smallest absolute Gasteiger partial charge is 0.0705 e. The number of nitrogens with zero attached hydrogens (tertiary/aromatic N) is 2. The van der Waals surface area contributed by atoms with Gasteiger partial charge < -0.3 is 0 Å². The maximum atomic E-state index is 4.49. The van der Waals surface area contributed by atoms with Gasteiger partial charge in [0.15, 0.2) is 0 Å². The lowest BCUT2D eigenvalue weighted by Gasteiger charge is -1.98. The van der Waals surface area contributed by atoms with Gasteiger partial charge >= 0.3 is 0 Å². The number of aryl methyl sites for hydroxylation is 1. The van der Waals surface area contributed by atoms with Crippen LogP contribution in [0, 0.1) is 0 Å². The number of pyridine rings is 2. The summed E-state index contributed by atoms with van der Waals surface area (Å²) in [4.78, 5) is 8.67. The molecule has 0 fully saturated rings. The fourth-order valence-corrected chi connectivity index (χ4v) is 2.32. The van der Waals surface area contributed by atoms with E-state index in [1.807, 2.05) is 42.6 Å². The summed E-state index contributed by atoms with van der Waals surface area (Å²) in [7, 11) is 0. The van der Waals surface area contributed by atoms with Gasteiger partial charge in [0.25, 0.3) is 0 Å². The monoisotopic (exact) mass is 286 g/mol. The minimum Gasteiger partial charge on any atom is -0.256 e. The van der Waals surface area contributed by atoms with Crippen LogP contribution in [-0.2, 0) is 6.42 Å². The zero-order chi connectivity index (χ0) is 15.2. The van der Waals surface area contributed by atoms with Gasteiger partial charge in [0.2, 0.25) is 0 Å². The summed E-state index contributed by atoms with van der Waals surface area (Å²) >= 11 is 0. The van der Waals surface area contributed by atoms with Crippen LogP contribution in [0.4, 0.5) is 0 Å². The molecular formula is C20H18N2. The molecule has 0 bridgehead atoms. The number of para-hydroxylation sites is 2. The molecule has 22 heavy (non-hydrogen) atoms. The van der Waals surface area contributed by atoms with Crippen LogP contribution in [-0.4, -0.2) is 9.97 Å². The molecule has 0 saturated carbocycles. The van der Waals surface area contributed by atoms with Gasteiger partial charge in [-0.1, -0.05) is 55.5 Å². The van der Waals surface area contributed by atoms with Crippen LogP contribution < -0.4 is 0 Å². The van der Waals surface area contributed by atoms with Crippen LogP contribution in [0.25, 0.3) is 21.8 Å². The fourth-order valence-electron chi connectivity index (χ4n) is 2.32. The van der Waals surface area contributed by atoms with Gasteiger partial charge in [0.05, 0.1) is 11.0 Å². The largest absolute Gasteiger partial charge is 0.256 e. The van der Waals surface area contributed by atoms with Crippen molar-refractivity contribution in [1.29, 1.82) is 0 Å². The molecule has 0 aliphatic heterocycles. The molecule has 2 aromatic carbocycles. The number of aromatic nitrogens is 2. The Morgan fingerprint density at radius 2 is 1.32 bits per heavy atom. The van der Waals surface area contributed by atoms with Crippen molar-refractivity contribution >= 4 is 21.8 Å². The average molecular weight is 286 g/mol. The Labute approximate surface area is 130 Å². The molecule has 2 heterocycles. The first kappa shape index (κ1) is 14.2. The highest BCUT2D eigenvalue weighted by Crippen LogP contribution is 2.11. The highest BCUT2D eigenvalue weighted by atomic mass is 14.7. The molecule has 4 rings (SSSR count). The molecule has 0 N–H and O–H groups in total. The zero-order valence-electron chi connectivity index (χ0n) is 12.6. The predicted octanol–water partition coefficient (Wildman–Crippen LogP) is 5.03. The molecule has 2 aromatic heterocycles. The van der Waals surface area contributed by atoms with E-state index in [4.69, 9.17) is 0 Å². The van der Waals surface area contributed by atoms with Gasteiger partial charge in [0, 0.05) is 22.7 Å². The van der Waals surface area contributed by atoms with Crippen LogP contribution in [0.3, 0.4) is 0 Å². The van der Waals surface area contributed by atoms with Crippen molar-refractivity contribution in [3.63, 3.8) is 0 Å². The van der Waals surface area contributed by atoms with Crippen molar-refractivity contribution in [3.8, 4) is 0 Å². The molecule has 0 unspecified atom stereocenters. The third kappa shape index (κ3) is 3.29. The van der Waals surface area contributed by atoms with Crippen LogP contribution in [0.2, 0.25) is 0 Å². The van der Waals surface area contributed by atoms with Gasteiger partial charge in [-0.2, -0.15) is 0 Å². The lowest BCUT2D eigenvalue weighted by atomic mass is 10.2. The van der Waals surface area contributed by atoms with E-state index in [9.17, 15) is 0 Å². The SMILES string of the molecule is CCc1ccc2ccccc2n1.c1ccc2ncccc2c1. The van der Waals surface area contributed by atoms with Crippen LogP contribution in [0.1, 0.15) is 12.6 Å².